The van der Waals surface area contributed by atoms with Crippen molar-refractivity contribution in [3.63, 3.8) is 0 Å². The van der Waals surface area contributed by atoms with Crippen LogP contribution in [-0.4, -0.2) is 34.8 Å². The molecule has 0 aromatic heterocycles. The van der Waals surface area contributed by atoms with Crippen molar-refractivity contribution in [3.05, 3.63) is 34.9 Å². The Hall–Kier alpha value is -2.08. The average molecular weight is 366 g/mol. The highest BCUT2D eigenvalue weighted by Crippen LogP contribution is 2.27. The molecular formula is C18H24ClN3O3. The minimum atomic E-state index is -0.871. The number of hydrogen-bond acceptors (Lipinski definition) is 3. The first-order valence-electron chi connectivity index (χ1n) is 8.57. The first-order valence-corrected chi connectivity index (χ1v) is 8.95. The molecule has 0 radical (unpaired) electrons. The summed E-state index contributed by atoms with van der Waals surface area (Å²) in [6.45, 7) is 3.90. The summed E-state index contributed by atoms with van der Waals surface area (Å²) < 4.78 is 0. The topological polar surface area (TPSA) is 78.5 Å². The van der Waals surface area contributed by atoms with Crippen LogP contribution in [0.2, 0.25) is 5.02 Å². The first kappa shape index (κ1) is 19.2. The Bertz CT molecular complexity index is 657. The number of nitrogens with one attached hydrogen (secondary N) is 2. The molecule has 0 saturated carbocycles. The van der Waals surface area contributed by atoms with Crippen molar-refractivity contribution in [1.82, 2.24) is 15.5 Å². The zero-order chi connectivity index (χ0) is 18.4. The zero-order valence-electron chi connectivity index (χ0n) is 14.6. The predicted molar refractivity (Wildman–Crippen MR) is 96.1 cm³/mol. The van der Waals surface area contributed by atoms with Crippen molar-refractivity contribution in [2.75, 3.05) is 6.54 Å². The summed E-state index contributed by atoms with van der Waals surface area (Å²) in [6.07, 6.45) is 2.70. The summed E-state index contributed by atoms with van der Waals surface area (Å²) >= 11 is 6.05. The van der Waals surface area contributed by atoms with E-state index in [1.165, 1.54) is 0 Å². The maximum Gasteiger partial charge on any atom is 0.325 e. The molecule has 1 heterocycles. The van der Waals surface area contributed by atoms with E-state index >= 15 is 0 Å². The van der Waals surface area contributed by atoms with E-state index in [1.807, 2.05) is 32.0 Å². The SMILES string of the molecule is CCCC1(CCC)NC(=O)N(CC(=O)NCc2ccccc2Cl)C1=O. The molecule has 136 valence electrons. The Morgan fingerprint density at radius 2 is 1.84 bits per heavy atom. The molecular weight excluding hydrogens is 342 g/mol. The zero-order valence-corrected chi connectivity index (χ0v) is 15.4. The second-order valence-corrected chi connectivity index (χ2v) is 6.68. The first-order chi connectivity index (χ1) is 11.9. The molecule has 6 nitrogen and oxygen atoms in total. The number of amides is 4. The van der Waals surface area contributed by atoms with E-state index in [0.29, 0.717) is 17.9 Å². The summed E-state index contributed by atoms with van der Waals surface area (Å²) in [7, 11) is 0. The van der Waals surface area contributed by atoms with E-state index in [-0.39, 0.29) is 19.0 Å². The molecule has 4 amide bonds. The van der Waals surface area contributed by atoms with Gasteiger partial charge >= 0.3 is 6.03 Å². The van der Waals surface area contributed by atoms with E-state index in [1.54, 1.807) is 6.07 Å². The normalized spacial score (nSPS) is 16.0. The lowest BCUT2D eigenvalue weighted by Gasteiger charge is -2.25. The van der Waals surface area contributed by atoms with Gasteiger partial charge in [-0.05, 0) is 24.5 Å². The van der Waals surface area contributed by atoms with E-state index in [2.05, 4.69) is 10.6 Å². The molecule has 0 atom stereocenters. The van der Waals surface area contributed by atoms with Gasteiger partial charge in [-0.1, -0.05) is 56.5 Å². The monoisotopic (exact) mass is 365 g/mol. The number of hydrogen-bond donors (Lipinski definition) is 2. The molecule has 25 heavy (non-hydrogen) atoms. The summed E-state index contributed by atoms with van der Waals surface area (Å²) in [6, 6.07) is 6.69. The van der Waals surface area contributed by atoms with Crippen LogP contribution >= 0.6 is 11.6 Å². The smallest absolute Gasteiger partial charge is 0.325 e. The van der Waals surface area contributed by atoms with Crippen molar-refractivity contribution < 1.29 is 14.4 Å². The van der Waals surface area contributed by atoms with Gasteiger partial charge in [0.25, 0.3) is 5.91 Å². The predicted octanol–water partition coefficient (Wildman–Crippen LogP) is 2.85. The van der Waals surface area contributed by atoms with E-state index < -0.39 is 17.5 Å². The number of halogens is 1. The van der Waals surface area contributed by atoms with Crippen LogP contribution in [0.3, 0.4) is 0 Å². The lowest BCUT2D eigenvalue weighted by atomic mass is 9.88. The lowest BCUT2D eigenvalue weighted by Crippen LogP contribution is -2.47. The molecule has 1 saturated heterocycles. The second kappa shape index (κ2) is 8.34. The van der Waals surface area contributed by atoms with Gasteiger partial charge in [-0.3, -0.25) is 14.5 Å². The van der Waals surface area contributed by atoms with Gasteiger partial charge in [-0.2, -0.15) is 0 Å². The van der Waals surface area contributed by atoms with Crippen LogP contribution in [0.25, 0.3) is 0 Å². The third-order valence-electron chi connectivity index (χ3n) is 4.34. The Morgan fingerprint density at radius 3 is 2.44 bits per heavy atom. The minimum absolute atomic E-state index is 0.247. The number of carbonyl (C=O) groups is 3. The van der Waals surface area contributed by atoms with E-state index in [4.69, 9.17) is 11.6 Å². The molecule has 0 bridgehead atoms. The summed E-state index contributed by atoms with van der Waals surface area (Å²) in [5.74, 6) is -0.707. The maximum absolute atomic E-state index is 12.7. The molecule has 0 spiro atoms. The van der Waals surface area contributed by atoms with Crippen LogP contribution in [0.5, 0.6) is 0 Å². The van der Waals surface area contributed by atoms with Crippen LogP contribution in [0.4, 0.5) is 4.79 Å². The Balaban J connectivity index is 1.99. The number of imide groups is 1. The highest BCUT2D eigenvalue weighted by molar-refractivity contribution is 6.31. The number of rotatable bonds is 8. The quantitative estimate of drug-likeness (QED) is 0.695. The fourth-order valence-corrected chi connectivity index (χ4v) is 3.37. The standard InChI is InChI=1S/C18H24ClN3O3/c1-3-9-18(10-4-2)16(24)22(17(25)21-18)12-15(23)20-11-13-7-5-6-8-14(13)19/h5-8H,3-4,9-12H2,1-2H3,(H,20,23)(H,21,25). The average Bonchev–Trinajstić information content (AvgIpc) is 2.79. The molecule has 7 heteroatoms. The highest BCUT2D eigenvalue weighted by Gasteiger charge is 2.50. The van der Waals surface area contributed by atoms with Crippen LogP contribution in [-0.2, 0) is 16.1 Å². The van der Waals surface area contributed by atoms with Crippen LogP contribution < -0.4 is 10.6 Å². The summed E-state index contributed by atoms with van der Waals surface area (Å²) in [5.41, 5.74) is -0.0927. The molecule has 1 aromatic rings. The molecule has 1 aliphatic rings. The van der Waals surface area contributed by atoms with Crippen LogP contribution in [0.15, 0.2) is 24.3 Å². The van der Waals surface area contributed by atoms with E-state index in [0.717, 1.165) is 23.3 Å². The Kier molecular flexibility index (Phi) is 6.42. The van der Waals surface area contributed by atoms with Gasteiger partial charge in [0.2, 0.25) is 5.91 Å². The molecule has 0 unspecified atom stereocenters. The Labute approximate surface area is 152 Å². The fourth-order valence-electron chi connectivity index (χ4n) is 3.17. The van der Waals surface area contributed by atoms with Gasteiger partial charge in [0.15, 0.2) is 0 Å². The third kappa shape index (κ3) is 4.31. The number of urea groups is 1. The number of benzene rings is 1. The number of carbonyl (C=O) groups excluding carboxylic acids is 3. The van der Waals surface area contributed by atoms with Gasteiger partial charge in [0.1, 0.15) is 12.1 Å². The van der Waals surface area contributed by atoms with Crippen LogP contribution in [0.1, 0.15) is 45.1 Å². The van der Waals surface area contributed by atoms with Crippen molar-refractivity contribution in [2.24, 2.45) is 0 Å². The Morgan fingerprint density at radius 1 is 1.20 bits per heavy atom. The van der Waals surface area contributed by atoms with E-state index in [9.17, 15) is 14.4 Å². The minimum Gasteiger partial charge on any atom is -0.350 e. The van der Waals surface area contributed by atoms with Gasteiger partial charge in [0, 0.05) is 11.6 Å². The van der Waals surface area contributed by atoms with Gasteiger partial charge in [0.05, 0.1) is 0 Å². The molecule has 2 N–H and O–H groups in total. The lowest BCUT2D eigenvalue weighted by molar-refractivity contribution is -0.135. The molecule has 1 aliphatic heterocycles. The maximum atomic E-state index is 12.7. The van der Waals surface area contributed by atoms with Crippen molar-refractivity contribution in [2.45, 2.75) is 51.6 Å². The molecule has 2 rings (SSSR count). The van der Waals surface area contributed by atoms with Crippen molar-refractivity contribution in [1.29, 1.82) is 0 Å². The highest BCUT2D eigenvalue weighted by atomic mass is 35.5. The summed E-state index contributed by atoms with van der Waals surface area (Å²) in [5, 5.41) is 6.05. The number of nitrogens with zero attached hydrogens (tertiary/aromatic N) is 1. The molecule has 1 aromatic carbocycles. The van der Waals surface area contributed by atoms with Crippen molar-refractivity contribution in [3.8, 4) is 0 Å². The summed E-state index contributed by atoms with van der Waals surface area (Å²) in [4.78, 5) is 38.1. The largest absolute Gasteiger partial charge is 0.350 e. The second-order valence-electron chi connectivity index (χ2n) is 6.27. The molecule has 1 fully saturated rings. The molecule has 0 aliphatic carbocycles. The van der Waals surface area contributed by atoms with Gasteiger partial charge in [-0.25, -0.2) is 4.79 Å². The van der Waals surface area contributed by atoms with Crippen LogP contribution in [0, 0.1) is 0 Å². The van der Waals surface area contributed by atoms with Gasteiger partial charge < -0.3 is 10.6 Å². The van der Waals surface area contributed by atoms with Gasteiger partial charge in [-0.15, -0.1) is 0 Å². The third-order valence-corrected chi connectivity index (χ3v) is 4.70. The fraction of sp³-hybridized carbons (Fsp3) is 0.500. The van der Waals surface area contributed by atoms with Crippen molar-refractivity contribution >= 4 is 29.4 Å².